The Hall–Kier alpha value is -1.03. The molecule has 2 rings (SSSR count). The molecule has 112 valence electrons. The minimum atomic E-state index is -0.00150. The first kappa shape index (κ1) is 15.4. The van der Waals surface area contributed by atoms with E-state index in [1.165, 1.54) is 18.4 Å². The molecule has 1 heterocycles. The number of hydrogen-bond donors (Lipinski definition) is 2. The summed E-state index contributed by atoms with van der Waals surface area (Å²) in [5, 5.41) is 4.69. The lowest BCUT2D eigenvalue weighted by molar-refractivity contribution is 0.0944. The molecule has 0 bridgehead atoms. The zero-order valence-corrected chi connectivity index (χ0v) is 13.9. The van der Waals surface area contributed by atoms with Crippen molar-refractivity contribution in [3.05, 3.63) is 10.4 Å². The van der Waals surface area contributed by atoms with Gasteiger partial charge in [0.2, 0.25) is 0 Å². The Balaban J connectivity index is 2.35. The van der Waals surface area contributed by atoms with Crippen LogP contribution in [0.5, 0.6) is 0 Å². The molecular weight excluding hydrogens is 268 g/mol. The van der Waals surface area contributed by atoms with Gasteiger partial charge < -0.3 is 11.1 Å². The molecule has 1 unspecified atom stereocenters. The topological polar surface area (TPSA) is 55.1 Å². The van der Waals surface area contributed by atoms with Crippen molar-refractivity contribution in [1.82, 2.24) is 0 Å². The maximum absolute atomic E-state index is 12.3. The third-order valence-electron chi connectivity index (χ3n) is 4.08. The van der Waals surface area contributed by atoms with Gasteiger partial charge in [0, 0.05) is 17.5 Å². The molecule has 3 N–H and O–H groups in total. The summed E-state index contributed by atoms with van der Waals surface area (Å²) in [5.41, 5.74) is 8.22. The zero-order valence-electron chi connectivity index (χ0n) is 13.1. The van der Waals surface area contributed by atoms with Gasteiger partial charge in [0.25, 0.3) is 0 Å². The van der Waals surface area contributed by atoms with Crippen molar-refractivity contribution >= 4 is 27.8 Å². The zero-order chi connectivity index (χ0) is 15.0. The first-order valence-electron chi connectivity index (χ1n) is 7.55. The van der Waals surface area contributed by atoms with Crippen molar-refractivity contribution in [2.75, 3.05) is 11.1 Å². The SMILES string of the molecule is CC(C)C(=O)c1sc(NC(C)C(C)C)c(C2CC2)c1N. The molecule has 0 aromatic carbocycles. The summed E-state index contributed by atoms with van der Waals surface area (Å²) in [5.74, 6) is 1.27. The van der Waals surface area contributed by atoms with Crippen LogP contribution in [0.3, 0.4) is 0 Å². The predicted octanol–water partition coefficient (Wildman–Crippen LogP) is 4.50. The van der Waals surface area contributed by atoms with E-state index in [9.17, 15) is 4.79 Å². The lowest BCUT2D eigenvalue weighted by atomic mass is 10.0. The lowest BCUT2D eigenvalue weighted by Gasteiger charge is -2.18. The van der Waals surface area contributed by atoms with Gasteiger partial charge in [-0.3, -0.25) is 4.79 Å². The lowest BCUT2D eigenvalue weighted by Crippen LogP contribution is -2.21. The Kier molecular flexibility index (Phi) is 4.43. The Morgan fingerprint density at radius 3 is 2.30 bits per heavy atom. The maximum Gasteiger partial charge on any atom is 0.177 e. The van der Waals surface area contributed by atoms with Gasteiger partial charge in [0.05, 0.1) is 15.6 Å². The van der Waals surface area contributed by atoms with E-state index in [2.05, 4.69) is 26.1 Å². The standard InChI is InChI=1S/C16H26N2OS/c1-8(2)10(5)18-16-12(11-6-7-11)13(17)15(20-16)14(19)9(3)4/h8-11,18H,6-7,17H2,1-5H3. The number of nitrogens with two attached hydrogens (primary N) is 1. The summed E-state index contributed by atoms with van der Waals surface area (Å²) < 4.78 is 0. The summed E-state index contributed by atoms with van der Waals surface area (Å²) in [4.78, 5) is 13.0. The molecule has 1 aromatic heterocycles. The highest BCUT2D eigenvalue weighted by Gasteiger charge is 2.33. The van der Waals surface area contributed by atoms with Gasteiger partial charge in [-0.1, -0.05) is 27.7 Å². The van der Waals surface area contributed by atoms with E-state index in [1.807, 2.05) is 13.8 Å². The van der Waals surface area contributed by atoms with Gasteiger partial charge in [0.15, 0.2) is 5.78 Å². The number of nitrogens with one attached hydrogen (secondary N) is 1. The number of thiophene rings is 1. The van der Waals surface area contributed by atoms with E-state index in [1.54, 1.807) is 11.3 Å². The average molecular weight is 294 g/mol. The van der Waals surface area contributed by atoms with E-state index >= 15 is 0 Å². The van der Waals surface area contributed by atoms with E-state index in [0.717, 1.165) is 15.6 Å². The van der Waals surface area contributed by atoms with E-state index in [-0.39, 0.29) is 11.7 Å². The molecule has 1 aliphatic rings. The Labute approximate surface area is 125 Å². The summed E-state index contributed by atoms with van der Waals surface area (Å²) in [6, 6.07) is 0.382. The third-order valence-corrected chi connectivity index (χ3v) is 5.24. The Bertz CT molecular complexity index is 501. The molecule has 1 aromatic rings. The highest BCUT2D eigenvalue weighted by molar-refractivity contribution is 7.18. The number of rotatable bonds is 6. The number of nitrogen functional groups attached to an aromatic ring is 1. The molecule has 1 fully saturated rings. The quantitative estimate of drug-likeness (QED) is 0.759. The normalized spacial score (nSPS) is 16.8. The fourth-order valence-electron chi connectivity index (χ4n) is 2.16. The molecule has 0 amide bonds. The molecule has 0 saturated heterocycles. The number of Topliss-reactive ketones (excluding diaryl/α,β-unsaturated/α-hetero) is 1. The fraction of sp³-hybridized carbons (Fsp3) is 0.688. The monoisotopic (exact) mass is 294 g/mol. The van der Waals surface area contributed by atoms with Crippen molar-refractivity contribution < 1.29 is 4.79 Å². The second kappa shape index (κ2) is 5.76. The predicted molar refractivity (Wildman–Crippen MR) is 87.8 cm³/mol. The van der Waals surface area contributed by atoms with Crippen LogP contribution in [0.1, 0.15) is 68.6 Å². The van der Waals surface area contributed by atoms with Crippen molar-refractivity contribution in [2.45, 2.75) is 59.4 Å². The molecule has 0 aliphatic heterocycles. The van der Waals surface area contributed by atoms with Gasteiger partial charge in [0.1, 0.15) is 0 Å². The van der Waals surface area contributed by atoms with E-state index in [0.29, 0.717) is 17.9 Å². The summed E-state index contributed by atoms with van der Waals surface area (Å²) >= 11 is 1.55. The van der Waals surface area contributed by atoms with Gasteiger partial charge in [-0.25, -0.2) is 0 Å². The summed E-state index contributed by atoms with van der Waals surface area (Å²) in [6.07, 6.45) is 2.39. The second-order valence-electron chi connectivity index (χ2n) is 6.56. The number of ketones is 1. The van der Waals surface area contributed by atoms with Crippen molar-refractivity contribution in [3.8, 4) is 0 Å². The molecule has 1 atom stereocenters. The highest BCUT2D eigenvalue weighted by Crippen LogP contribution is 2.51. The number of anilines is 2. The van der Waals surface area contributed by atoms with Crippen LogP contribution in [0.15, 0.2) is 0 Å². The van der Waals surface area contributed by atoms with Gasteiger partial charge in [-0.15, -0.1) is 11.3 Å². The fourth-order valence-corrected chi connectivity index (χ4v) is 3.55. The summed E-state index contributed by atoms with van der Waals surface area (Å²) in [6.45, 7) is 10.4. The van der Waals surface area contributed by atoms with Gasteiger partial charge in [-0.05, 0) is 31.6 Å². The number of carbonyl (C=O) groups excluding carboxylic acids is 1. The van der Waals surface area contributed by atoms with Gasteiger partial charge in [-0.2, -0.15) is 0 Å². The highest BCUT2D eigenvalue weighted by atomic mass is 32.1. The van der Waals surface area contributed by atoms with Crippen LogP contribution in [0.2, 0.25) is 0 Å². The number of hydrogen-bond acceptors (Lipinski definition) is 4. The molecule has 20 heavy (non-hydrogen) atoms. The molecular formula is C16H26N2OS. The molecule has 3 nitrogen and oxygen atoms in total. The van der Waals surface area contributed by atoms with Crippen LogP contribution >= 0.6 is 11.3 Å². The largest absolute Gasteiger partial charge is 0.397 e. The molecule has 0 spiro atoms. The van der Waals surface area contributed by atoms with Crippen LogP contribution in [0.25, 0.3) is 0 Å². The molecule has 1 aliphatic carbocycles. The van der Waals surface area contributed by atoms with Crippen LogP contribution < -0.4 is 11.1 Å². The first-order valence-corrected chi connectivity index (χ1v) is 8.37. The summed E-state index contributed by atoms with van der Waals surface area (Å²) in [7, 11) is 0. The first-order chi connectivity index (χ1) is 9.32. The van der Waals surface area contributed by atoms with Gasteiger partial charge >= 0.3 is 0 Å². The Morgan fingerprint density at radius 2 is 1.85 bits per heavy atom. The smallest absolute Gasteiger partial charge is 0.177 e. The molecule has 0 radical (unpaired) electrons. The van der Waals surface area contributed by atoms with Crippen LogP contribution in [-0.2, 0) is 0 Å². The molecule has 4 heteroatoms. The van der Waals surface area contributed by atoms with E-state index < -0.39 is 0 Å². The van der Waals surface area contributed by atoms with Crippen LogP contribution in [0, 0.1) is 11.8 Å². The maximum atomic E-state index is 12.3. The second-order valence-corrected chi connectivity index (χ2v) is 7.58. The van der Waals surface area contributed by atoms with Crippen molar-refractivity contribution in [2.24, 2.45) is 11.8 Å². The average Bonchev–Trinajstić information content (AvgIpc) is 3.14. The van der Waals surface area contributed by atoms with Crippen molar-refractivity contribution in [1.29, 1.82) is 0 Å². The number of carbonyl (C=O) groups is 1. The van der Waals surface area contributed by atoms with Crippen LogP contribution in [-0.4, -0.2) is 11.8 Å². The Morgan fingerprint density at radius 1 is 1.25 bits per heavy atom. The minimum absolute atomic E-state index is 0.00150. The van der Waals surface area contributed by atoms with E-state index in [4.69, 9.17) is 5.73 Å². The van der Waals surface area contributed by atoms with Crippen molar-refractivity contribution in [3.63, 3.8) is 0 Å². The third kappa shape index (κ3) is 3.00. The minimum Gasteiger partial charge on any atom is -0.397 e. The van der Waals surface area contributed by atoms with Crippen LogP contribution in [0.4, 0.5) is 10.7 Å². The molecule has 1 saturated carbocycles.